The minimum Gasteiger partial charge on any atom is -0.334 e. The van der Waals surface area contributed by atoms with E-state index in [0.717, 1.165) is 23.2 Å². The number of hydrogen-bond donors (Lipinski definition) is 1. The number of aromatic nitrogens is 1. The lowest BCUT2D eigenvalue weighted by Crippen LogP contribution is -2.36. The molecule has 3 aromatic rings. The molecule has 0 bridgehead atoms. The fourth-order valence-electron chi connectivity index (χ4n) is 3.78. The van der Waals surface area contributed by atoms with E-state index in [1.807, 2.05) is 49.1 Å². The first-order valence-electron chi connectivity index (χ1n) is 9.70. The number of rotatable bonds is 3. The molecule has 0 saturated carbocycles. The Morgan fingerprint density at radius 3 is 2.38 bits per heavy atom. The van der Waals surface area contributed by atoms with Gasteiger partial charge in [0, 0.05) is 31.2 Å². The molecule has 0 spiro atoms. The molecule has 5 nitrogen and oxygen atoms in total. The summed E-state index contributed by atoms with van der Waals surface area (Å²) in [7, 11) is 0. The van der Waals surface area contributed by atoms with Crippen molar-refractivity contribution >= 4 is 17.5 Å². The van der Waals surface area contributed by atoms with Crippen molar-refractivity contribution in [2.24, 2.45) is 0 Å². The largest absolute Gasteiger partial charge is 0.334 e. The van der Waals surface area contributed by atoms with Crippen molar-refractivity contribution in [3.8, 4) is 0 Å². The van der Waals surface area contributed by atoms with Crippen LogP contribution in [0.4, 0.5) is 5.69 Å². The molecular weight excluding hydrogens is 362 g/mol. The van der Waals surface area contributed by atoms with Crippen molar-refractivity contribution in [2.45, 2.75) is 26.8 Å². The van der Waals surface area contributed by atoms with E-state index in [-0.39, 0.29) is 11.8 Å². The number of amides is 2. The third-order valence-corrected chi connectivity index (χ3v) is 5.14. The van der Waals surface area contributed by atoms with E-state index in [4.69, 9.17) is 0 Å². The average molecular weight is 385 g/mol. The van der Waals surface area contributed by atoms with Gasteiger partial charge < -0.3 is 10.2 Å². The Balaban J connectivity index is 1.51. The van der Waals surface area contributed by atoms with Crippen LogP contribution in [0.5, 0.6) is 0 Å². The van der Waals surface area contributed by atoms with Crippen LogP contribution in [0.1, 0.15) is 43.0 Å². The second-order valence-corrected chi connectivity index (χ2v) is 7.54. The summed E-state index contributed by atoms with van der Waals surface area (Å²) in [5.41, 5.74) is 6.14. The van der Waals surface area contributed by atoms with E-state index in [9.17, 15) is 9.59 Å². The lowest BCUT2D eigenvalue weighted by molar-refractivity contribution is 0.0734. The number of aryl methyl sites for hydroxylation is 2. The van der Waals surface area contributed by atoms with Crippen LogP contribution in [-0.4, -0.2) is 28.2 Å². The topological polar surface area (TPSA) is 62.3 Å². The highest BCUT2D eigenvalue weighted by Crippen LogP contribution is 2.21. The summed E-state index contributed by atoms with van der Waals surface area (Å²) in [4.78, 5) is 31.6. The number of nitrogens with zero attached hydrogens (tertiary/aromatic N) is 2. The summed E-state index contributed by atoms with van der Waals surface area (Å²) in [5.74, 6) is -0.380. The highest BCUT2D eigenvalue weighted by molar-refractivity contribution is 6.05. The van der Waals surface area contributed by atoms with Gasteiger partial charge in [0.15, 0.2) is 0 Å². The SMILES string of the molecule is Cc1cc(C)cc(NC(=O)c2cncc(C(=O)N3CCc4ccccc4C3)c2)c1. The highest BCUT2D eigenvalue weighted by atomic mass is 16.2. The minimum atomic E-state index is -0.277. The number of fused-ring (bicyclic) bond motifs is 1. The second kappa shape index (κ2) is 7.87. The van der Waals surface area contributed by atoms with Gasteiger partial charge in [0.25, 0.3) is 11.8 Å². The van der Waals surface area contributed by atoms with E-state index >= 15 is 0 Å². The van der Waals surface area contributed by atoms with E-state index in [1.165, 1.54) is 23.5 Å². The van der Waals surface area contributed by atoms with Crippen molar-refractivity contribution in [1.29, 1.82) is 0 Å². The van der Waals surface area contributed by atoms with Crippen molar-refractivity contribution in [1.82, 2.24) is 9.88 Å². The zero-order valence-corrected chi connectivity index (χ0v) is 16.6. The van der Waals surface area contributed by atoms with Crippen LogP contribution in [-0.2, 0) is 13.0 Å². The van der Waals surface area contributed by atoms with Crippen LogP contribution in [0.15, 0.2) is 60.9 Å². The average Bonchev–Trinajstić information content (AvgIpc) is 2.72. The van der Waals surface area contributed by atoms with Crippen LogP contribution >= 0.6 is 0 Å². The number of hydrogen-bond acceptors (Lipinski definition) is 3. The van der Waals surface area contributed by atoms with Gasteiger partial charge in [0.2, 0.25) is 0 Å². The maximum absolute atomic E-state index is 13.0. The fraction of sp³-hybridized carbons (Fsp3) is 0.208. The van der Waals surface area contributed by atoms with Crippen molar-refractivity contribution in [3.63, 3.8) is 0 Å². The molecule has 1 aromatic heterocycles. The predicted octanol–water partition coefficient (Wildman–Crippen LogP) is 4.15. The Labute approximate surface area is 170 Å². The van der Waals surface area contributed by atoms with Gasteiger partial charge in [-0.15, -0.1) is 0 Å². The van der Waals surface area contributed by atoms with Gasteiger partial charge in [-0.1, -0.05) is 30.3 Å². The Kier molecular flexibility index (Phi) is 5.12. The van der Waals surface area contributed by atoms with Crippen molar-refractivity contribution < 1.29 is 9.59 Å². The monoisotopic (exact) mass is 385 g/mol. The molecule has 0 unspecified atom stereocenters. The van der Waals surface area contributed by atoms with E-state index in [1.54, 1.807) is 6.07 Å². The van der Waals surface area contributed by atoms with Gasteiger partial charge in [-0.2, -0.15) is 0 Å². The first-order chi connectivity index (χ1) is 14.0. The zero-order valence-electron chi connectivity index (χ0n) is 16.6. The predicted molar refractivity (Wildman–Crippen MR) is 113 cm³/mol. The highest BCUT2D eigenvalue weighted by Gasteiger charge is 2.22. The summed E-state index contributed by atoms with van der Waals surface area (Å²) < 4.78 is 0. The molecule has 1 aliphatic rings. The third kappa shape index (κ3) is 4.19. The van der Waals surface area contributed by atoms with Crippen LogP contribution in [0, 0.1) is 13.8 Å². The Bertz CT molecular complexity index is 1070. The van der Waals surface area contributed by atoms with Crippen LogP contribution < -0.4 is 5.32 Å². The smallest absolute Gasteiger partial charge is 0.257 e. The van der Waals surface area contributed by atoms with Gasteiger partial charge in [-0.25, -0.2) is 0 Å². The molecule has 0 aliphatic carbocycles. The Morgan fingerprint density at radius 2 is 1.62 bits per heavy atom. The summed E-state index contributed by atoms with van der Waals surface area (Å²) in [6, 6.07) is 15.7. The van der Waals surface area contributed by atoms with Gasteiger partial charge in [0.1, 0.15) is 0 Å². The van der Waals surface area contributed by atoms with E-state index < -0.39 is 0 Å². The molecule has 4 rings (SSSR count). The number of pyridine rings is 1. The number of nitrogens with one attached hydrogen (secondary N) is 1. The summed E-state index contributed by atoms with van der Waals surface area (Å²) >= 11 is 0. The van der Waals surface area contributed by atoms with Crippen molar-refractivity contribution in [2.75, 3.05) is 11.9 Å². The van der Waals surface area contributed by atoms with Gasteiger partial charge >= 0.3 is 0 Å². The Hall–Kier alpha value is -3.47. The molecule has 1 N–H and O–H groups in total. The quantitative estimate of drug-likeness (QED) is 0.737. The van der Waals surface area contributed by atoms with Crippen molar-refractivity contribution in [3.05, 3.63) is 94.3 Å². The molecule has 2 amide bonds. The summed E-state index contributed by atoms with van der Waals surface area (Å²) in [5, 5.41) is 2.89. The molecule has 146 valence electrons. The van der Waals surface area contributed by atoms with Crippen LogP contribution in [0.2, 0.25) is 0 Å². The molecule has 0 atom stereocenters. The molecule has 0 radical (unpaired) electrons. The lowest BCUT2D eigenvalue weighted by Gasteiger charge is -2.28. The molecule has 29 heavy (non-hydrogen) atoms. The summed E-state index contributed by atoms with van der Waals surface area (Å²) in [6.45, 7) is 5.21. The number of carbonyl (C=O) groups excluding carboxylic acids is 2. The molecular formula is C24H23N3O2. The van der Waals surface area contributed by atoms with Gasteiger partial charge in [-0.3, -0.25) is 14.6 Å². The van der Waals surface area contributed by atoms with Crippen LogP contribution in [0.3, 0.4) is 0 Å². The second-order valence-electron chi connectivity index (χ2n) is 7.54. The number of anilines is 1. The van der Waals surface area contributed by atoms with Gasteiger partial charge in [0.05, 0.1) is 11.1 Å². The number of carbonyl (C=O) groups is 2. The van der Waals surface area contributed by atoms with E-state index in [2.05, 4.69) is 22.4 Å². The minimum absolute atomic E-state index is 0.104. The molecule has 0 saturated heterocycles. The molecule has 0 fully saturated rings. The first kappa shape index (κ1) is 18.9. The maximum Gasteiger partial charge on any atom is 0.257 e. The summed E-state index contributed by atoms with van der Waals surface area (Å²) in [6.07, 6.45) is 3.85. The van der Waals surface area contributed by atoms with E-state index in [0.29, 0.717) is 24.2 Å². The van der Waals surface area contributed by atoms with Gasteiger partial charge in [-0.05, 0) is 60.7 Å². The third-order valence-electron chi connectivity index (χ3n) is 5.14. The Morgan fingerprint density at radius 1 is 0.931 bits per heavy atom. The first-order valence-corrected chi connectivity index (χ1v) is 9.70. The molecule has 2 heterocycles. The normalized spacial score (nSPS) is 13.0. The standard InChI is InChI=1S/C24H23N3O2/c1-16-9-17(2)11-22(10-16)26-23(28)20-12-21(14-25-13-20)24(29)27-8-7-18-5-3-4-6-19(18)15-27/h3-6,9-14H,7-8,15H2,1-2H3,(H,26,28). The fourth-order valence-corrected chi connectivity index (χ4v) is 3.78. The molecule has 1 aliphatic heterocycles. The number of benzene rings is 2. The van der Waals surface area contributed by atoms with Crippen LogP contribution in [0.25, 0.3) is 0 Å². The zero-order chi connectivity index (χ0) is 20.4. The maximum atomic E-state index is 13.0. The lowest BCUT2D eigenvalue weighted by atomic mass is 9.99. The molecule has 2 aromatic carbocycles. The molecule has 5 heteroatoms.